The smallest absolute Gasteiger partial charge is 0.255 e. The Morgan fingerprint density at radius 2 is 1.96 bits per heavy atom. The molecule has 1 aliphatic rings. The van der Waals surface area contributed by atoms with Crippen molar-refractivity contribution in [2.24, 2.45) is 0 Å². The van der Waals surface area contributed by atoms with E-state index in [0.717, 1.165) is 36.2 Å². The lowest BCUT2D eigenvalue weighted by atomic mass is 10.1. The van der Waals surface area contributed by atoms with Gasteiger partial charge in [0.15, 0.2) is 0 Å². The summed E-state index contributed by atoms with van der Waals surface area (Å²) in [5.74, 6) is 1.01. The molecule has 1 aromatic heterocycles. The van der Waals surface area contributed by atoms with E-state index in [1.807, 2.05) is 13.2 Å². The van der Waals surface area contributed by atoms with Crippen LogP contribution in [0.3, 0.4) is 0 Å². The van der Waals surface area contributed by atoms with Gasteiger partial charge in [-0.2, -0.15) is 0 Å². The summed E-state index contributed by atoms with van der Waals surface area (Å²) in [6, 6.07) is 0. The molecule has 1 aromatic rings. The molecule has 0 bridgehead atoms. The highest BCUT2D eigenvalue weighted by Gasteiger charge is 2.19. The molecule has 0 radical (unpaired) electrons. The third kappa shape index (κ3) is 4.91. The molecular weight excluding hydrogens is 308 g/mol. The van der Waals surface area contributed by atoms with E-state index in [-0.39, 0.29) is 11.8 Å². The van der Waals surface area contributed by atoms with Crippen molar-refractivity contribution >= 4 is 17.7 Å². The fourth-order valence-corrected chi connectivity index (χ4v) is 3.46. The van der Waals surface area contributed by atoms with Gasteiger partial charge in [-0.25, -0.2) is 9.97 Å². The van der Waals surface area contributed by atoms with E-state index in [2.05, 4.69) is 34.0 Å². The van der Waals surface area contributed by atoms with Gasteiger partial charge >= 0.3 is 0 Å². The Morgan fingerprint density at radius 1 is 1.26 bits per heavy atom. The quantitative estimate of drug-likeness (QED) is 0.639. The highest BCUT2D eigenvalue weighted by atomic mass is 32.2. The van der Waals surface area contributed by atoms with Gasteiger partial charge in [-0.1, -0.05) is 20.3 Å². The second kappa shape index (κ2) is 8.64. The van der Waals surface area contributed by atoms with E-state index < -0.39 is 0 Å². The third-order valence-electron chi connectivity index (χ3n) is 4.17. The summed E-state index contributed by atoms with van der Waals surface area (Å²) >= 11 is 1.51. The summed E-state index contributed by atoms with van der Waals surface area (Å²) in [5, 5.41) is 3.81. The van der Waals surface area contributed by atoms with Crippen LogP contribution in [0.5, 0.6) is 0 Å². The van der Waals surface area contributed by atoms with Crippen molar-refractivity contribution < 1.29 is 4.79 Å². The molecule has 1 amide bonds. The van der Waals surface area contributed by atoms with Crippen molar-refractivity contribution in [2.45, 2.75) is 51.0 Å². The van der Waals surface area contributed by atoms with Crippen molar-refractivity contribution in [1.82, 2.24) is 20.2 Å². The number of carbonyl (C=O) groups is 1. The fraction of sp³-hybridized carbons (Fsp3) is 0.706. The van der Waals surface area contributed by atoms with Crippen LogP contribution in [0.15, 0.2) is 5.03 Å². The lowest BCUT2D eigenvalue weighted by molar-refractivity contribution is 0.0941. The zero-order valence-electron chi connectivity index (χ0n) is 14.7. The Bertz CT molecular complexity index is 542. The molecule has 128 valence electrons. The van der Waals surface area contributed by atoms with Gasteiger partial charge in [0.05, 0.1) is 11.3 Å². The van der Waals surface area contributed by atoms with Gasteiger partial charge in [-0.3, -0.25) is 4.79 Å². The summed E-state index contributed by atoms with van der Waals surface area (Å²) in [4.78, 5) is 24.0. The molecule has 0 spiro atoms. The first-order valence-electron chi connectivity index (χ1n) is 8.46. The Hall–Kier alpha value is -1.14. The number of piperidine rings is 1. The minimum absolute atomic E-state index is 0.0563. The lowest BCUT2D eigenvalue weighted by Crippen LogP contribution is -2.38. The number of likely N-dealkylation sites (tertiary alicyclic amines) is 1. The Balaban J connectivity index is 2.00. The average molecular weight is 337 g/mol. The number of amides is 1. The molecule has 0 unspecified atom stereocenters. The Kier molecular flexibility index (Phi) is 6.84. The minimum Gasteiger partial charge on any atom is -0.351 e. The van der Waals surface area contributed by atoms with Gasteiger partial charge in [-0.15, -0.1) is 11.8 Å². The highest BCUT2D eigenvalue weighted by Crippen LogP contribution is 2.23. The first-order chi connectivity index (χ1) is 11.0. The van der Waals surface area contributed by atoms with Gasteiger partial charge < -0.3 is 10.2 Å². The zero-order chi connectivity index (χ0) is 16.8. The number of hydrogen-bond donors (Lipinski definition) is 1. The summed E-state index contributed by atoms with van der Waals surface area (Å²) < 4.78 is 0. The van der Waals surface area contributed by atoms with E-state index in [1.165, 1.54) is 31.0 Å². The molecule has 2 rings (SSSR count). The second-order valence-corrected chi connectivity index (χ2v) is 7.16. The number of nitrogens with zero attached hydrogens (tertiary/aromatic N) is 3. The maximum atomic E-state index is 12.5. The number of rotatable bonds is 6. The van der Waals surface area contributed by atoms with Gasteiger partial charge in [0.25, 0.3) is 5.91 Å². The molecule has 0 atom stereocenters. The van der Waals surface area contributed by atoms with E-state index in [1.54, 1.807) is 0 Å². The van der Waals surface area contributed by atoms with Crippen LogP contribution >= 0.6 is 11.8 Å². The highest BCUT2D eigenvalue weighted by molar-refractivity contribution is 7.98. The second-order valence-electron chi connectivity index (χ2n) is 6.36. The van der Waals surface area contributed by atoms with Crippen molar-refractivity contribution in [1.29, 1.82) is 0 Å². The van der Waals surface area contributed by atoms with Gasteiger partial charge in [-0.05, 0) is 39.1 Å². The average Bonchev–Trinajstić information content (AvgIpc) is 2.54. The molecule has 0 saturated carbocycles. The lowest BCUT2D eigenvalue weighted by Gasteiger charge is -2.26. The first-order valence-corrected chi connectivity index (χ1v) is 9.68. The van der Waals surface area contributed by atoms with E-state index in [9.17, 15) is 4.79 Å². The molecule has 0 aliphatic carbocycles. The molecule has 6 heteroatoms. The Morgan fingerprint density at radius 3 is 2.57 bits per heavy atom. The van der Waals surface area contributed by atoms with E-state index >= 15 is 0 Å². The van der Waals surface area contributed by atoms with Crippen molar-refractivity contribution in [2.75, 3.05) is 32.4 Å². The summed E-state index contributed by atoms with van der Waals surface area (Å²) in [5.41, 5.74) is 1.39. The van der Waals surface area contributed by atoms with Crippen LogP contribution in [0.1, 0.15) is 60.9 Å². The molecule has 1 N–H and O–H groups in total. The van der Waals surface area contributed by atoms with Crippen LogP contribution in [-0.2, 0) is 0 Å². The SMILES string of the molecule is CSc1nc(C(C)C)nc(C)c1C(=O)NCCN1CCCCC1. The molecule has 23 heavy (non-hydrogen) atoms. The molecule has 5 nitrogen and oxygen atoms in total. The number of thioether (sulfide) groups is 1. The topological polar surface area (TPSA) is 58.1 Å². The Labute approximate surface area is 143 Å². The maximum Gasteiger partial charge on any atom is 0.255 e. The summed E-state index contributed by atoms with van der Waals surface area (Å²) in [6.07, 6.45) is 5.83. The van der Waals surface area contributed by atoms with E-state index in [0.29, 0.717) is 12.1 Å². The normalized spacial score (nSPS) is 15.9. The fourth-order valence-electron chi connectivity index (χ4n) is 2.83. The van der Waals surface area contributed by atoms with Crippen LogP contribution < -0.4 is 5.32 Å². The van der Waals surface area contributed by atoms with Gasteiger partial charge in [0.1, 0.15) is 10.9 Å². The molecule has 0 aromatic carbocycles. The summed E-state index contributed by atoms with van der Waals surface area (Å²) in [6.45, 7) is 9.93. The number of hydrogen-bond acceptors (Lipinski definition) is 5. The van der Waals surface area contributed by atoms with Crippen molar-refractivity contribution in [3.05, 3.63) is 17.1 Å². The largest absolute Gasteiger partial charge is 0.351 e. The van der Waals surface area contributed by atoms with Crippen LogP contribution in [0.4, 0.5) is 0 Å². The van der Waals surface area contributed by atoms with Crippen LogP contribution in [0.25, 0.3) is 0 Å². The molecule has 1 saturated heterocycles. The van der Waals surface area contributed by atoms with Crippen LogP contribution in [-0.4, -0.2) is 53.2 Å². The maximum absolute atomic E-state index is 12.5. The predicted octanol–water partition coefficient (Wildman–Crippen LogP) is 2.85. The van der Waals surface area contributed by atoms with Crippen LogP contribution in [0.2, 0.25) is 0 Å². The van der Waals surface area contributed by atoms with Crippen LogP contribution in [0, 0.1) is 6.92 Å². The number of carbonyl (C=O) groups excluding carboxylic acids is 1. The molecule has 2 heterocycles. The molecular formula is C17H28N4OS. The standard InChI is InChI=1S/C17H28N4OS/c1-12(2)15-19-13(3)14(17(20-15)23-4)16(22)18-8-11-21-9-6-5-7-10-21/h12H,5-11H2,1-4H3,(H,18,22). The van der Waals surface area contributed by atoms with Gasteiger partial charge in [0.2, 0.25) is 0 Å². The van der Waals surface area contributed by atoms with E-state index in [4.69, 9.17) is 0 Å². The predicted molar refractivity (Wildman–Crippen MR) is 95.3 cm³/mol. The first kappa shape index (κ1) is 18.2. The third-order valence-corrected chi connectivity index (χ3v) is 4.86. The van der Waals surface area contributed by atoms with Gasteiger partial charge in [0, 0.05) is 19.0 Å². The molecule has 1 aliphatic heterocycles. The summed E-state index contributed by atoms with van der Waals surface area (Å²) in [7, 11) is 0. The monoisotopic (exact) mass is 336 g/mol. The van der Waals surface area contributed by atoms with Crippen molar-refractivity contribution in [3.63, 3.8) is 0 Å². The number of nitrogens with one attached hydrogen (secondary N) is 1. The number of aromatic nitrogens is 2. The van der Waals surface area contributed by atoms with Crippen molar-refractivity contribution in [3.8, 4) is 0 Å². The zero-order valence-corrected chi connectivity index (χ0v) is 15.5. The molecule has 1 fully saturated rings. The number of aryl methyl sites for hydroxylation is 1. The minimum atomic E-state index is -0.0563.